The molecule has 3 aromatic rings. The number of ether oxygens (including phenoxy) is 1. The van der Waals surface area contributed by atoms with Gasteiger partial charge in [-0.2, -0.15) is 5.10 Å². The van der Waals surface area contributed by atoms with Gasteiger partial charge in [-0.3, -0.25) is 4.79 Å². The standard InChI is InChI=1S/C20H22BrClFN7O3S/c1-4-33-19(32)16-15(17-24-8-25-29(17)3)28-20(34-16)30-6-5-11(10(23)7-30)27-18(31)14-13(22)12(21)9(2)26-14/h8,10-11,26H,4-7H2,1-3H3,(H,27,31). The zero-order valence-corrected chi connectivity index (χ0v) is 21.7. The molecule has 1 aliphatic heterocycles. The number of nitrogens with zero attached hydrogens (tertiary/aromatic N) is 5. The van der Waals surface area contributed by atoms with Crippen LogP contribution in [0.25, 0.3) is 11.5 Å². The summed E-state index contributed by atoms with van der Waals surface area (Å²) in [5, 5.41) is 7.50. The van der Waals surface area contributed by atoms with E-state index in [4.69, 9.17) is 16.3 Å². The average Bonchev–Trinajstić information content (AvgIpc) is 3.49. The van der Waals surface area contributed by atoms with Crippen LogP contribution in [0.15, 0.2) is 10.8 Å². The Morgan fingerprint density at radius 1 is 1.47 bits per heavy atom. The summed E-state index contributed by atoms with van der Waals surface area (Å²) in [6, 6.07) is -0.690. The Labute approximate surface area is 212 Å². The van der Waals surface area contributed by atoms with E-state index in [0.717, 1.165) is 11.3 Å². The van der Waals surface area contributed by atoms with Crippen molar-refractivity contribution in [3.63, 3.8) is 0 Å². The van der Waals surface area contributed by atoms with Crippen LogP contribution in [0.5, 0.6) is 0 Å². The summed E-state index contributed by atoms with van der Waals surface area (Å²) in [4.78, 5) is 38.9. The Morgan fingerprint density at radius 3 is 2.82 bits per heavy atom. The summed E-state index contributed by atoms with van der Waals surface area (Å²) in [6.45, 7) is 4.13. The minimum Gasteiger partial charge on any atom is -0.462 e. The van der Waals surface area contributed by atoms with Gasteiger partial charge in [-0.1, -0.05) is 22.9 Å². The third-order valence-corrected chi connectivity index (χ3v) is 8.10. The number of carbonyl (C=O) groups excluding carboxylic acids is 2. The molecule has 2 N–H and O–H groups in total. The fourth-order valence-corrected chi connectivity index (χ4v) is 5.21. The summed E-state index contributed by atoms with van der Waals surface area (Å²) in [7, 11) is 1.69. The number of aryl methyl sites for hydroxylation is 2. The molecular formula is C20H22BrClFN7O3S. The molecule has 4 heterocycles. The number of aromatic amines is 1. The van der Waals surface area contributed by atoms with Crippen LogP contribution in [0, 0.1) is 6.92 Å². The minimum absolute atomic E-state index is 0.000160. The van der Waals surface area contributed by atoms with Crippen molar-refractivity contribution in [1.82, 2.24) is 30.0 Å². The van der Waals surface area contributed by atoms with E-state index in [-0.39, 0.29) is 28.7 Å². The van der Waals surface area contributed by atoms with Crippen molar-refractivity contribution in [3.8, 4) is 11.5 Å². The third kappa shape index (κ3) is 4.68. The van der Waals surface area contributed by atoms with Gasteiger partial charge in [-0.05, 0) is 36.2 Å². The number of rotatable bonds is 6. The molecule has 4 rings (SSSR count). The van der Waals surface area contributed by atoms with Gasteiger partial charge in [0, 0.05) is 19.3 Å². The molecule has 0 aliphatic carbocycles. The fraction of sp³-hybridized carbons (Fsp3) is 0.450. The minimum atomic E-state index is -1.36. The quantitative estimate of drug-likeness (QED) is 0.433. The van der Waals surface area contributed by atoms with Crippen molar-refractivity contribution >= 4 is 55.9 Å². The molecule has 1 aliphatic rings. The van der Waals surface area contributed by atoms with Crippen molar-refractivity contribution in [2.75, 3.05) is 24.6 Å². The topological polar surface area (TPSA) is 118 Å². The first kappa shape index (κ1) is 24.6. The smallest absolute Gasteiger partial charge is 0.350 e. The fourth-order valence-electron chi connectivity index (χ4n) is 3.65. The molecule has 2 atom stereocenters. The number of anilines is 1. The number of carbonyl (C=O) groups is 2. The largest absolute Gasteiger partial charge is 0.462 e. The van der Waals surface area contributed by atoms with Gasteiger partial charge in [0.25, 0.3) is 5.91 Å². The number of piperidine rings is 1. The molecule has 1 amide bonds. The molecule has 1 fully saturated rings. The summed E-state index contributed by atoms with van der Waals surface area (Å²) in [5.74, 6) is -0.579. The number of nitrogens with one attached hydrogen (secondary N) is 2. The Balaban J connectivity index is 1.50. The van der Waals surface area contributed by atoms with Gasteiger partial charge in [-0.25, -0.2) is 23.8 Å². The SMILES string of the molecule is CCOC(=O)c1sc(N2CCC(NC(=O)c3[nH]c(C)c(Br)c3Cl)C(F)C2)nc1-c1ncnn1C. The van der Waals surface area contributed by atoms with Gasteiger partial charge in [-0.15, -0.1) is 0 Å². The van der Waals surface area contributed by atoms with E-state index in [1.54, 1.807) is 25.8 Å². The van der Waals surface area contributed by atoms with Gasteiger partial charge in [0.05, 0.1) is 28.7 Å². The molecule has 14 heteroatoms. The number of hydrogen-bond donors (Lipinski definition) is 2. The predicted molar refractivity (Wildman–Crippen MR) is 129 cm³/mol. The Bertz CT molecular complexity index is 1230. The lowest BCUT2D eigenvalue weighted by atomic mass is 10.0. The first-order valence-electron chi connectivity index (χ1n) is 10.5. The maximum absolute atomic E-state index is 15.1. The average molecular weight is 575 g/mol. The van der Waals surface area contributed by atoms with Crippen LogP contribution in [-0.4, -0.2) is 68.5 Å². The van der Waals surface area contributed by atoms with Gasteiger partial charge >= 0.3 is 5.97 Å². The summed E-state index contributed by atoms with van der Waals surface area (Å²) >= 11 is 10.6. The van der Waals surface area contributed by atoms with Crippen molar-refractivity contribution in [2.45, 2.75) is 32.5 Å². The number of aromatic nitrogens is 5. The highest BCUT2D eigenvalue weighted by atomic mass is 79.9. The molecule has 0 aromatic carbocycles. The predicted octanol–water partition coefficient (Wildman–Crippen LogP) is 3.51. The second kappa shape index (κ2) is 10.0. The van der Waals surface area contributed by atoms with Crippen LogP contribution in [0.2, 0.25) is 5.02 Å². The summed E-state index contributed by atoms with van der Waals surface area (Å²) in [5.41, 5.74) is 1.24. The van der Waals surface area contributed by atoms with Gasteiger partial charge in [0.1, 0.15) is 28.8 Å². The molecule has 3 aromatic heterocycles. The molecule has 0 spiro atoms. The number of hydrogen-bond acceptors (Lipinski definition) is 8. The van der Waals surface area contributed by atoms with Crippen LogP contribution in [-0.2, 0) is 11.8 Å². The van der Waals surface area contributed by atoms with Crippen molar-refractivity contribution in [3.05, 3.63) is 32.1 Å². The molecule has 1 saturated heterocycles. The second-order valence-electron chi connectivity index (χ2n) is 7.69. The highest BCUT2D eigenvalue weighted by Gasteiger charge is 2.34. The number of H-pyrrole nitrogens is 1. The zero-order valence-electron chi connectivity index (χ0n) is 18.6. The van der Waals surface area contributed by atoms with Gasteiger partial charge in [0.2, 0.25) is 0 Å². The Hall–Kier alpha value is -2.51. The molecule has 0 saturated carbocycles. The van der Waals surface area contributed by atoms with E-state index in [1.807, 2.05) is 0 Å². The van der Waals surface area contributed by atoms with Crippen molar-refractivity contribution < 1.29 is 18.7 Å². The van der Waals surface area contributed by atoms with Crippen LogP contribution < -0.4 is 10.2 Å². The lowest BCUT2D eigenvalue weighted by Gasteiger charge is -2.34. The van der Waals surface area contributed by atoms with Crippen molar-refractivity contribution in [2.24, 2.45) is 7.05 Å². The molecule has 0 radical (unpaired) electrons. The maximum atomic E-state index is 15.1. The van der Waals surface area contributed by atoms with E-state index in [9.17, 15) is 9.59 Å². The van der Waals surface area contributed by atoms with E-state index in [2.05, 4.69) is 41.3 Å². The van der Waals surface area contributed by atoms with Crippen LogP contribution in [0.3, 0.4) is 0 Å². The van der Waals surface area contributed by atoms with Gasteiger partial charge < -0.3 is 19.9 Å². The van der Waals surface area contributed by atoms with Crippen LogP contribution in [0.4, 0.5) is 9.52 Å². The number of halogens is 3. The van der Waals surface area contributed by atoms with Crippen molar-refractivity contribution in [1.29, 1.82) is 0 Å². The highest BCUT2D eigenvalue weighted by molar-refractivity contribution is 9.10. The molecule has 10 nitrogen and oxygen atoms in total. The monoisotopic (exact) mass is 573 g/mol. The molecule has 2 unspecified atom stereocenters. The Morgan fingerprint density at radius 2 is 2.24 bits per heavy atom. The Kier molecular flexibility index (Phi) is 7.24. The first-order chi connectivity index (χ1) is 16.2. The second-order valence-corrected chi connectivity index (χ2v) is 9.83. The lowest BCUT2D eigenvalue weighted by Crippen LogP contribution is -2.52. The molecular weight excluding hydrogens is 553 g/mol. The van der Waals surface area contributed by atoms with Crippen LogP contribution >= 0.6 is 38.9 Å². The summed E-state index contributed by atoms with van der Waals surface area (Å²) in [6.07, 6.45) is 0.356. The van der Waals surface area contributed by atoms with E-state index in [1.165, 1.54) is 11.0 Å². The molecule has 182 valence electrons. The van der Waals surface area contributed by atoms with E-state index < -0.39 is 24.1 Å². The van der Waals surface area contributed by atoms with E-state index >= 15 is 4.39 Å². The number of amides is 1. The normalized spacial score (nSPS) is 18.2. The lowest BCUT2D eigenvalue weighted by molar-refractivity contribution is 0.0532. The van der Waals surface area contributed by atoms with E-state index in [0.29, 0.717) is 39.8 Å². The zero-order chi connectivity index (χ0) is 24.6. The third-order valence-electron chi connectivity index (χ3n) is 5.41. The van der Waals surface area contributed by atoms with Crippen LogP contribution in [0.1, 0.15) is 39.2 Å². The molecule has 0 bridgehead atoms. The maximum Gasteiger partial charge on any atom is 0.350 e. The number of thiazole rings is 1. The number of esters is 1. The first-order valence-corrected chi connectivity index (χ1v) is 12.5. The highest BCUT2D eigenvalue weighted by Crippen LogP contribution is 2.35. The summed E-state index contributed by atoms with van der Waals surface area (Å²) < 4.78 is 22.4. The number of alkyl halides is 1. The molecule has 34 heavy (non-hydrogen) atoms. The van der Waals surface area contributed by atoms with Gasteiger partial charge in [0.15, 0.2) is 11.0 Å².